The van der Waals surface area contributed by atoms with Crippen molar-refractivity contribution in [1.82, 2.24) is 4.90 Å². The number of aliphatic carboxylic acids is 1. The Kier molecular flexibility index (Phi) is 4.64. The summed E-state index contributed by atoms with van der Waals surface area (Å²) >= 11 is 1.43. The van der Waals surface area contributed by atoms with Crippen molar-refractivity contribution in [2.75, 3.05) is 0 Å². The lowest BCUT2D eigenvalue weighted by atomic mass is 9.83. The Morgan fingerprint density at radius 3 is 2.56 bits per heavy atom. The topological polar surface area (TPSA) is 84.5 Å². The maximum absolute atomic E-state index is 12.2. The number of aromatic nitrogens is 1. The number of β-lactam (4-membered cyclic amide) rings is 1. The van der Waals surface area contributed by atoms with E-state index < -0.39 is 18.0 Å². The van der Waals surface area contributed by atoms with Crippen LogP contribution in [0.2, 0.25) is 0 Å². The van der Waals surface area contributed by atoms with Gasteiger partial charge in [0.15, 0.2) is 11.4 Å². The highest BCUT2D eigenvalue weighted by Crippen LogP contribution is 2.47. The molecule has 0 radical (unpaired) electrons. The Morgan fingerprint density at radius 1 is 1.44 bits per heavy atom. The fourth-order valence-electron chi connectivity index (χ4n) is 3.65. The van der Waals surface area contributed by atoms with E-state index in [1.54, 1.807) is 6.92 Å². The van der Waals surface area contributed by atoms with Gasteiger partial charge < -0.3 is 19.9 Å². The number of rotatable bonds is 5. The van der Waals surface area contributed by atoms with E-state index in [2.05, 4.69) is 16.7 Å². The molecule has 1 N–H and O–H groups in total. The number of nitrogens with zero attached hydrogens (tertiary/aromatic N) is 2. The molecular formula is C18H22N2O4S. The molecule has 0 aliphatic carbocycles. The summed E-state index contributed by atoms with van der Waals surface area (Å²) in [7, 11) is 2.00. The van der Waals surface area contributed by atoms with Gasteiger partial charge in [-0.1, -0.05) is 0 Å². The van der Waals surface area contributed by atoms with Crippen LogP contribution in [0.25, 0.3) is 0 Å². The SMILES string of the molecule is Cc1cc(CSC2=C(C(=O)[O-])N3C(=O)[C@H]([C@@H](C)O)[C@H]3C2)cc(C)[n+]1C. The van der Waals surface area contributed by atoms with Gasteiger partial charge >= 0.3 is 0 Å². The van der Waals surface area contributed by atoms with Gasteiger partial charge in [-0.05, 0) is 12.5 Å². The van der Waals surface area contributed by atoms with E-state index in [4.69, 9.17) is 0 Å². The van der Waals surface area contributed by atoms with Crippen molar-refractivity contribution in [3.8, 4) is 0 Å². The molecule has 0 aromatic carbocycles. The number of hydrogen-bond donors (Lipinski definition) is 1. The molecule has 0 saturated carbocycles. The number of carbonyl (C=O) groups is 2. The van der Waals surface area contributed by atoms with E-state index in [1.165, 1.54) is 16.7 Å². The number of aliphatic hydroxyl groups is 1. The second-order valence-corrected chi connectivity index (χ2v) is 7.87. The second-order valence-electron chi connectivity index (χ2n) is 6.80. The minimum atomic E-state index is -1.32. The van der Waals surface area contributed by atoms with E-state index in [9.17, 15) is 19.8 Å². The highest BCUT2D eigenvalue weighted by molar-refractivity contribution is 8.02. The summed E-state index contributed by atoms with van der Waals surface area (Å²) in [6, 6.07) is 3.89. The van der Waals surface area contributed by atoms with Crippen LogP contribution >= 0.6 is 11.8 Å². The number of carboxylic acids is 1. The second kappa shape index (κ2) is 6.46. The van der Waals surface area contributed by atoms with E-state index in [0.717, 1.165) is 17.0 Å². The molecule has 1 saturated heterocycles. The third-order valence-electron chi connectivity index (χ3n) is 5.14. The molecule has 25 heavy (non-hydrogen) atoms. The summed E-state index contributed by atoms with van der Waals surface area (Å²) in [5.41, 5.74) is 3.34. The van der Waals surface area contributed by atoms with Crippen LogP contribution in [0.3, 0.4) is 0 Å². The molecule has 3 rings (SSSR count). The van der Waals surface area contributed by atoms with Crippen LogP contribution in [-0.4, -0.2) is 34.0 Å². The fraction of sp³-hybridized carbons (Fsp3) is 0.500. The molecule has 0 bridgehead atoms. The highest BCUT2D eigenvalue weighted by atomic mass is 32.2. The van der Waals surface area contributed by atoms with Crippen LogP contribution in [0.15, 0.2) is 22.7 Å². The lowest BCUT2D eigenvalue weighted by molar-refractivity contribution is -0.683. The Balaban J connectivity index is 1.80. The van der Waals surface area contributed by atoms with E-state index in [0.29, 0.717) is 17.1 Å². The van der Waals surface area contributed by atoms with Gasteiger partial charge in [0.25, 0.3) is 0 Å². The van der Waals surface area contributed by atoms with Crippen LogP contribution < -0.4 is 9.67 Å². The lowest BCUT2D eigenvalue weighted by Crippen LogP contribution is -2.62. The first kappa shape index (κ1) is 17.9. The molecule has 134 valence electrons. The zero-order valence-electron chi connectivity index (χ0n) is 14.8. The molecular weight excluding hydrogens is 340 g/mol. The summed E-state index contributed by atoms with van der Waals surface area (Å²) in [5.74, 6) is -1.54. The number of pyridine rings is 1. The molecule has 2 aliphatic rings. The third kappa shape index (κ3) is 2.95. The molecule has 1 amide bonds. The molecule has 0 spiro atoms. The number of hydrogen-bond acceptors (Lipinski definition) is 5. The average Bonchev–Trinajstić information content (AvgIpc) is 2.84. The Morgan fingerprint density at radius 2 is 2.04 bits per heavy atom. The molecule has 3 heterocycles. The van der Waals surface area contributed by atoms with Gasteiger partial charge in [0.2, 0.25) is 5.91 Å². The first-order valence-corrected chi connectivity index (χ1v) is 9.25. The molecule has 0 unspecified atom stereocenters. The van der Waals surface area contributed by atoms with Gasteiger partial charge in [0.1, 0.15) is 7.05 Å². The summed E-state index contributed by atoms with van der Waals surface area (Å²) in [6.07, 6.45) is -0.311. The predicted molar refractivity (Wildman–Crippen MR) is 90.8 cm³/mol. The fourth-order valence-corrected chi connectivity index (χ4v) is 4.77. The summed E-state index contributed by atoms with van der Waals surface area (Å²) < 4.78 is 2.09. The maximum atomic E-state index is 12.2. The number of aryl methyl sites for hydroxylation is 2. The van der Waals surface area contributed by atoms with E-state index in [-0.39, 0.29) is 17.6 Å². The van der Waals surface area contributed by atoms with Gasteiger partial charge in [-0.3, -0.25) is 4.79 Å². The van der Waals surface area contributed by atoms with Gasteiger partial charge in [-0.2, -0.15) is 0 Å². The predicted octanol–water partition coefficient (Wildman–Crippen LogP) is -0.0659. The van der Waals surface area contributed by atoms with Crippen LogP contribution in [-0.2, 0) is 22.4 Å². The number of carbonyl (C=O) groups excluding carboxylic acids is 2. The monoisotopic (exact) mass is 362 g/mol. The zero-order valence-corrected chi connectivity index (χ0v) is 15.6. The van der Waals surface area contributed by atoms with Crippen LogP contribution in [0.1, 0.15) is 30.3 Å². The number of amides is 1. The van der Waals surface area contributed by atoms with Crippen molar-refractivity contribution < 1.29 is 24.4 Å². The quantitative estimate of drug-likeness (QED) is 0.586. The average molecular weight is 362 g/mol. The summed E-state index contributed by atoms with van der Waals surface area (Å²) in [6.45, 7) is 5.63. The van der Waals surface area contributed by atoms with Gasteiger partial charge in [-0.25, -0.2) is 4.57 Å². The van der Waals surface area contributed by atoms with Gasteiger partial charge in [0.05, 0.1) is 29.7 Å². The minimum absolute atomic E-state index is 0.0215. The molecule has 2 aliphatic heterocycles. The summed E-state index contributed by atoms with van der Waals surface area (Å²) in [5, 5.41) is 21.3. The number of carboxylic acid groups (broad SMARTS) is 1. The normalized spacial score (nSPS) is 23.6. The van der Waals surface area contributed by atoms with Gasteiger partial charge in [-0.15, -0.1) is 11.8 Å². The van der Waals surface area contributed by atoms with Crippen LogP contribution in [0, 0.1) is 19.8 Å². The third-order valence-corrected chi connectivity index (χ3v) is 6.33. The molecule has 7 heteroatoms. The van der Waals surface area contributed by atoms with E-state index in [1.807, 2.05) is 20.9 Å². The maximum Gasteiger partial charge on any atom is 0.235 e. The first-order valence-electron chi connectivity index (χ1n) is 8.27. The highest BCUT2D eigenvalue weighted by Gasteiger charge is 2.55. The van der Waals surface area contributed by atoms with Crippen molar-refractivity contribution in [2.45, 2.75) is 45.1 Å². The van der Waals surface area contributed by atoms with Crippen molar-refractivity contribution in [1.29, 1.82) is 0 Å². The van der Waals surface area contributed by atoms with Crippen molar-refractivity contribution in [3.05, 3.63) is 39.7 Å². The van der Waals surface area contributed by atoms with Crippen molar-refractivity contribution in [2.24, 2.45) is 13.0 Å². The zero-order chi connectivity index (χ0) is 18.5. The van der Waals surface area contributed by atoms with Gasteiger partial charge in [0, 0.05) is 43.1 Å². The number of fused-ring (bicyclic) bond motifs is 1. The van der Waals surface area contributed by atoms with Crippen LogP contribution in [0.5, 0.6) is 0 Å². The van der Waals surface area contributed by atoms with E-state index >= 15 is 0 Å². The molecule has 6 nitrogen and oxygen atoms in total. The largest absolute Gasteiger partial charge is 0.543 e. The number of aliphatic hydroxyl groups excluding tert-OH is 1. The Bertz CT molecular complexity index is 764. The van der Waals surface area contributed by atoms with Crippen molar-refractivity contribution in [3.63, 3.8) is 0 Å². The minimum Gasteiger partial charge on any atom is -0.543 e. The summed E-state index contributed by atoms with van der Waals surface area (Å²) in [4.78, 5) is 25.7. The molecule has 3 atom stereocenters. The van der Waals surface area contributed by atoms with Crippen molar-refractivity contribution >= 4 is 23.6 Å². The smallest absolute Gasteiger partial charge is 0.235 e. The first-order chi connectivity index (χ1) is 11.7. The molecule has 1 fully saturated rings. The lowest BCUT2D eigenvalue weighted by Gasteiger charge is -2.45. The molecule has 1 aromatic rings. The Labute approximate surface area is 151 Å². The van der Waals surface area contributed by atoms with Crippen LogP contribution in [0.4, 0.5) is 0 Å². The Hall–Kier alpha value is -1.86. The molecule has 1 aromatic heterocycles. The number of thioether (sulfide) groups is 1. The standard InChI is InChI=1S/C18H22N2O4S/c1-9-5-12(6-10(2)19(9)4)8-25-14-7-13-15(11(3)21)17(22)20(13)16(14)18(23)24/h5-6,11,13,15,21H,7-8H2,1-4H3/t11-,13-,15-/m1/s1.